The van der Waals surface area contributed by atoms with Crippen LogP contribution in [0.2, 0.25) is 0 Å². The topological polar surface area (TPSA) is 41.6 Å². The third-order valence-electron chi connectivity index (χ3n) is 3.17. The summed E-state index contributed by atoms with van der Waals surface area (Å²) in [6.07, 6.45) is 2.48. The number of guanidine groups is 1. The molecule has 2 N–H and O–H groups in total. The van der Waals surface area contributed by atoms with Gasteiger partial charge in [0.05, 0.1) is 6.54 Å². The Morgan fingerprint density at radius 1 is 1.53 bits per heavy atom. The van der Waals surface area contributed by atoms with E-state index < -0.39 is 0 Å². The first-order valence-corrected chi connectivity index (χ1v) is 6.65. The van der Waals surface area contributed by atoms with E-state index >= 15 is 0 Å². The van der Waals surface area contributed by atoms with Gasteiger partial charge in [-0.2, -0.15) is 0 Å². The summed E-state index contributed by atoms with van der Waals surface area (Å²) >= 11 is 3.46. The van der Waals surface area contributed by atoms with E-state index in [1.54, 1.807) is 0 Å². The predicted molar refractivity (Wildman–Crippen MR) is 75.0 cm³/mol. The summed E-state index contributed by atoms with van der Waals surface area (Å²) < 4.78 is 1.10. The second-order valence-electron chi connectivity index (χ2n) is 4.59. The molecule has 0 radical (unpaired) electrons. The molecule has 92 valence electrons. The molecule has 3 nitrogen and oxygen atoms in total. The maximum atomic E-state index is 5.95. The van der Waals surface area contributed by atoms with Crippen molar-refractivity contribution in [3.05, 3.63) is 33.8 Å². The molecule has 1 aliphatic carbocycles. The Bertz CT molecular complexity index is 438. The number of nitrogens with two attached hydrogens (primary N) is 1. The van der Waals surface area contributed by atoms with Gasteiger partial charge in [0.25, 0.3) is 0 Å². The van der Waals surface area contributed by atoms with Gasteiger partial charge in [-0.25, -0.2) is 4.99 Å². The zero-order chi connectivity index (χ0) is 12.4. The molecule has 0 atom stereocenters. The molecule has 0 bridgehead atoms. The minimum atomic E-state index is 0.616. The molecule has 0 amide bonds. The zero-order valence-electron chi connectivity index (χ0n) is 10.3. The number of aliphatic imine (C=N–C) groups is 1. The van der Waals surface area contributed by atoms with Crippen LogP contribution in [0.4, 0.5) is 0 Å². The third kappa shape index (κ3) is 3.22. The summed E-state index contributed by atoms with van der Waals surface area (Å²) in [5.74, 6) is 0.648. The van der Waals surface area contributed by atoms with E-state index in [2.05, 4.69) is 44.9 Å². The molecular weight excluding hydrogens is 278 g/mol. The third-order valence-corrected chi connectivity index (χ3v) is 3.67. The average Bonchev–Trinajstić information content (AvgIpc) is 3.10. The summed E-state index contributed by atoms with van der Waals surface area (Å²) in [5.41, 5.74) is 8.42. The van der Waals surface area contributed by atoms with Crippen molar-refractivity contribution in [3.8, 4) is 0 Å². The number of benzene rings is 1. The molecule has 17 heavy (non-hydrogen) atoms. The summed E-state index contributed by atoms with van der Waals surface area (Å²) in [6.45, 7) is 2.75. The number of aryl methyl sites for hydroxylation is 1. The van der Waals surface area contributed by atoms with Gasteiger partial charge in [0.2, 0.25) is 0 Å². The van der Waals surface area contributed by atoms with Crippen LogP contribution in [-0.4, -0.2) is 23.9 Å². The fourth-order valence-electron chi connectivity index (χ4n) is 1.76. The lowest BCUT2D eigenvalue weighted by atomic mass is 10.1. The second-order valence-corrected chi connectivity index (χ2v) is 5.50. The smallest absolute Gasteiger partial charge is 0.191 e. The largest absolute Gasteiger partial charge is 0.370 e. The van der Waals surface area contributed by atoms with Crippen molar-refractivity contribution in [1.82, 2.24) is 4.90 Å². The van der Waals surface area contributed by atoms with Crippen molar-refractivity contribution in [2.24, 2.45) is 10.7 Å². The van der Waals surface area contributed by atoms with Gasteiger partial charge in [0.1, 0.15) is 0 Å². The standard InChI is InChI=1S/C13H18BrN3/c1-9-7-11(14)4-3-10(9)8-16-13(15)17(2)12-5-6-12/h3-4,7,12H,5-6,8H2,1-2H3,(H2,15,16). The van der Waals surface area contributed by atoms with Crippen LogP contribution in [0.5, 0.6) is 0 Å². The Morgan fingerprint density at radius 3 is 2.82 bits per heavy atom. The molecule has 1 aliphatic rings. The molecule has 0 aromatic heterocycles. The molecule has 1 fully saturated rings. The van der Waals surface area contributed by atoms with Gasteiger partial charge in [-0.15, -0.1) is 0 Å². The SMILES string of the molecule is Cc1cc(Br)ccc1CN=C(N)N(C)C1CC1. The lowest BCUT2D eigenvalue weighted by Crippen LogP contribution is -2.35. The number of hydrogen-bond donors (Lipinski definition) is 1. The Hall–Kier alpha value is -1.03. The van der Waals surface area contributed by atoms with E-state index in [-0.39, 0.29) is 0 Å². The predicted octanol–water partition coefficient (Wildman–Crippen LogP) is 2.67. The first-order valence-electron chi connectivity index (χ1n) is 5.85. The number of nitrogens with zero attached hydrogens (tertiary/aromatic N) is 2. The zero-order valence-corrected chi connectivity index (χ0v) is 11.9. The maximum absolute atomic E-state index is 5.95. The second kappa shape index (κ2) is 5.08. The number of rotatable bonds is 3. The van der Waals surface area contributed by atoms with Gasteiger partial charge in [-0.05, 0) is 43.0 Å². The summed E-state index contributed by atoms with van der Waals surface area (Å²) in [4.78, 5) is 6.53. The quantitative estimate of drug-likeness (QED) is 0.688. The van der Waals surface area contributed by atoms with Crippen LogP contribution < -0.4 is 5.73 Å². The van der Waals surface area contributed by atoms with Crippen LogP contribution in [0.25, 0.3) is 0 Å². The first kappa shape index (κ1) is 12.4. The van der Waals surface area contributed by atoms with Gasteiger partial charge in [0, 0.05) is 17.6 Å². The monoisotopic (exact) mass is 295 g/mol. The molecule has 4 heteroatoms. The Balaban J connectivity index is 2.02. The highest BCUT2D eigenvalue weighted by Crippen LogP contribution is 2.25. The molecule has 1 saturated carbocycles. The van der Waals surface area contributed by atoms with Crippen LogP contribution in [-0.2, 0) is 6.54 Å². The molecular formula is C13H18BrN3. The maximum Gasteiger partial charge on any atom is 0.191 e. The normalized spacial score (nSPS) is 16.1. The molecule has 0 saturated heterocycles. The molecule has 1 aromatic carbocycles. The van der Waals surface area contributed by atoms with Crippen LogP contribution in [0.15, 0.2) is 27.7 Å². The minimum absolute atomic E-state index is 0.616. The molecule has 0 spiro atoms. The van der Waals surface area contributed by atoms with E-state index in [1.807, 2.05) is 13.1 Å². The van der Waals surface area contributed by atoms with E-state index in [0.29, 0.717) is 18.5 Å². The van der Waals surface area contributed by atoms with Crippen molar-refractivity contribution < 1.29 is 0 Å². The number of hydrogen-bond acceptors (Lipinski definition) is 1. The van der Waals surface area contributed by atoms with Crippen molar-refractivity contribution in [3.63, 3.8) is 0 Å². The lowest BCUT2D eigenvalue weighted by Gasteiger charge is -2.17. The molecule has 0 aliphatic heterocycles. The highest BCUT2D eigenvalue weighted by atomic mass is 79.9. The van der Waals surface area contributed by atoms with E-state index in [1.165, 1.54) is 24.0 Å². The van der Waals surface area contributed by atoms with Crippen molar-refractivity contribution in [2.45, 2.75) is 32.4 Å². The van der Waals surface area contributed by atoms with Gasteiger partial charge in [0.15, 0.2) is 5.96 Å². The molecule has 2 rings (SSSR count). The Kier molecular flexibility index (Phi) is 3.72. The first-order chi connectivity index (χ1) is 8.08. The summed E-state index contributed by atoms with van der Waals surface area (Å²) in [6, 6.07) is 6.85. The highest BCUT2D eigenvalue weighted by molar-refractivity contribution is 9.10. The minimum Gasteiger partial charge on any atom is -0.370 e. The number of halogens is 1. The fraction of sp³-hybridized carbons (Fsp3) is 0.462. The summed E-state index contributed by atoms with van der Waals surface area (Å²) in [5, 5.41) is 0. The van der Waals surface area contributed by atoms with Gasteiger partial charge in [-0.3, -0.25) is 0 Å². The van der Waals surface area contributed by atoms with Crippen LogP contribution >= 0.6 is 15.9 Å². The van der Waals surface area contributed by atoms with Gasteiger partial charge in [-0.1, -0.05) is 22.0 Å². The van der Waals surface area contributed by atoms with Crippen molar-refractivity contribution in [2.75, 3.05) is 7.05 Å². The van der Waals surface area contributed by atoms with Crippen LogP contribution in [0, 0.1) is 6.92 Å². The Labute approximate surface area is 111 Å². The Morgan fingerprint density at radius 2 is 2.24 bits per heavy atom. The van der Waals surface area contributed by atoms with Crippen LogP contribution in [0.3, 0.4) is 0 Å². The highest BCUT2D eigenvalue weighted by Gasteiger charge is 2.27. The van der Waals surface area contributed by atoms with E-state index in [0.717, 1.165) is 4.47 Å². The average molecular weight is 296 g/mol. The molecule has 0 unspecified atom stereocenters. The van der Waals surface area contributed by atoms with Crippen molar-refractivity contribution in [1.29, 1.82) is 0 Å². The molecule has 0 heterocycles. The van der Waals surface area contributed by atoms with Gasteiger partial charge < -0.3 is 10.6 Å². The van der Waals surface area contributed by atoms with E-state index in [9.17, 15) is 0 Å². The lowest BCUT2D eigenvalue weighted by molar-refractivity contribution is 0.487. The van der Waals surface area contributed by atoms with E-state index in [4.69, 9.17) is 5.73 Å². The summed E-state index contributed by atoms with van der Waals surface area (Å²) in [7, 11) is 2.02. The van der Waals surface area contributed by atoms with Crippen molar-refractivity contribution >= 4 is 21.9 Å². The van der Waals surface area contributed by atoms with Gasteiger partial charge >= 0.3 is 0 Å². The van der Waals surface area contributed by atoms with Crippen LogP contribution in [0.1, 0.15) is 24.0 Å². The fourth-order valence-corrected chi connectivity index (χ4v) is 2.24. The molecule has 1 aromatic rings.